The number of nitrogens with one attached hydrogen (secondary N) is 1. The first kappa shape index (κ1) is 20.5. The van der Waals surface area contributed by atoms with E-state index in [0.29, 0.717) is 53.5 Å². The van der Waals surface area contributed by atoms with Crippen LogP contribution in [0.15, 0.2) is 18.2 Å². The largest absolute Gasteiger partial charge is 0.353 e. The van der Waals surface area contributed by atoms with Crippen molar-refractivity contribution in [1.82, 2.24) is 9.62 Å². The molecule has 3 aliphatic rings. The van der Waals surface area contributed by atoms with E-state index < -0.39 is 10.0 Å². The Morgan fingerprint density at radius 2 is 1.86 bits per heavy atom. The number of piperidine rings is 1. The Hall–Kier alpha value is -0.820. The Kier molecular flexibility index (Phi) is 5.94. The molecule has 4 rings (SSSR count). The highest BCUT2D eigenvalue weighted by Crippen LogP contribution is 2.44. The number of benzene rings is 1. The van der Waals surface area contributed by atoms with Crippen LogP contribution in [0.5, 0.6) is 0 Å². The Balaban J connectivity index is 1.31. The second-order valence-electron chi connectivity index (χ2n) is 8.46. The molecule has 0 radical (unpaired) electrons. The van der Waals surface area contributed by atoms with Gasteiger partial charge in [-0.05, 0) is 61.6 Å². The first-order valence-corrected chi connectivity index (χ1v) is 12.4. The van der Waals surface area contributed by atoms with Crippen molar-refractivity contribution in [3.05, 3.63) is 33.8 Å². The molecule has 8 heteroatoms. The molecular weight excluding hydrogens is 419 g/mol. The predicted molar refractivity (Wildman–Crippen MR) is 111 cm³/mol. The van der Waals surface area contributed by atoms with Crippen LogP contribution in [-0.4, -0.2) is 37.8 Å². The van der Waals surface area contributed by atoms with Crippen molar-refractivity contribution >= 4 is 39.1 Å². The van der Waals surface area contributed by atoms with Crippen LogP contribution in [0.2, 0.25) is 10.0 Å². The Morgan fingerprint density at radius 3 is 2.46 bits per heavy atom. The molecule has 0 unspecified atom stereocenters. The fourth-order valence-electron chi connectivity index (χ4n) is 5.04. The van der Waals surface area contributed by atoms with Crippen LogP contribution in [0.1, 0.15) is 44.1 Å². The van der Waals surface area contributed by atoms with Gasteiger partial charge in [0.2, 0.25) is 15.9 Å². The average Bonchev–Trinajstić information content (AvgIpc) is 3.27. The van der Waals surface area contributed by atoms with Gasteiger partial charge in [0.1, 0.15) is 0 Å². The second-order valence-corrected chi connectivity index (χ2v) is 11.3. The molecule has 1 aliphatic heterocycles. The highest BCUT2D eigenvalue weighted by molar-refractivity contribution is 7.88. The van der Waals surface area contributed by atoms with Gasteiger partial charge in [0.25, 0.3) is 0 Å². The molecule has 2 aliphatic carbocycles. The van der Waals surface area contributed by atoms with Gasteiger partial charge < -0.3 is 5.32 Å². The summed E-state index contributed by atoms with van der Waals surface area (Å²) in [5.74, 6) is 1.31. The third-order valence-electron chi connectivity index (χ3n) is 6.64. The van der Waals surface area contributed by atoms with E-state index in [2.05, 4.69) is 5.32 Å². The molecule has 0 aromatic heterocycles. The number of amides is 1. The first-order chi connectivity index (χ1) is 13.3. The number of nitrogens with zero attached hydrogens (tertiary/aromatic N) is 1. The fourth-order valence-corrected chi connectivity index (χ4v) is 7.19. The minimum atomic E-state index is -3.48. The molecular formula is C20H26Cl2N2O3S. The van der Waals surface area contributed by atoms with E-state index in [1.54, 1.807) is 18.2 Å². The van der Waals surface area contributed by atoms with Gasteiger partial charge >= 0.3 is 0 Å². The monoisotopic (exact) mass is 444 g/mol. The standard InChI is InChI=1S/C20H26Cl2N2O3S/c21-17-4-3-16(18(22)11-17)12-28(26,27)24-7-5-14(6-8-24)20(25)23-19-10-13-1-2-15(19)9-13/h3-4,11,13-15,19H,1-2,5-10,12H2,(H,23,25)/t13-,15-,19+/m1/s1. The number of halogens is 2. The summed E-state index contributed by atoms with van der Waals surface area (Å²) in [4.78, 5) is 12.6. The third kappa shape index (κ3) is 4.35. The first-order valence-electron chi connectivity index (χ1n) is 10.0. The Labute approximate surface area is 176 Å². The maximum atomic E-state index is 12.8. The lowest BCUT2D eigenvalue weighted by atomic mass is 9.93. The van der Waals surface area contributed by atoms with Crippen LogP contribution < -0.4 is 5.32 Å². The number of sulfonamides is 1. The summed E-state index contributed by atoms with van der Waals surface area (Å²) < 4.78 is 27.0. The van der Waals surface area contributed by atoms with Gasteiger partial charge in [-0.25, -0.2) is 12.7 Å². The molecule has 1 N–H and O–H groups in total. The molecule has 1 amide bonds. The highest BCUT2D eigenvalue weighted by atomic mass is 35.5. The van der Waals surface area contributed by atoms with Crippen LogP contribution in [0.4, 0.5) is 0 Å². The molecule has 0 spiro atoms. The lowest BCUT2D eigenvalue weighted by Crippen LogP contribution is -2.46. The fraction of sp³-hybridized carbons (Fsp3) is 0.650. The number of carbonyl (C=O) groups excluding carboxylic acids is 1. The lowest BCUT2D eigenvalue weighted by molar-refractivity contribution is -0.127. The van der Waals surface area contributed by atoms with Crippen LogP contribution >= 0.6 is 23.2 Å². The average molecular weight is 445 g/mol. The van der Waals surface area contributed by atoms with Gasteiger partial charge in [-0.3, -0.25) is 4.79 Å². The minimum absolute atomic E-state index is 0.0929. The molecule has 28 heavy (non-hydrogen) atoms. The zero-order valence-corrected chi connectivity index (χ0v) is 18.1. The van der Waals surface area contributed by atoms with Crippen LogP contribution in [0.3, 0.4) is 0 Å². The van der Waals surface area contributed by atoms with Crippen molar-refractivity contribution in [2.45, 2.75) is 50.3 Å². The topological polar surface area (TPSA) is 66.5 Å². The normalized spacial score (nSPS) is 28.6. The van der Waals surface area contributed by atoms with Crippen LogP contribution in [0.25, 0.3) is 0 Å². The molecule has 2 bridgehead atoms. The minimum Gasteiger partial charge on any atom is -0.353 e. The molecule has 5 nitrogen and oxygen atoms in total. The summed E-state index contributed by atoms with van der Waals surface area (Å²) in [6.07, 6.45) is 6.06. The molecule has 1 saturated heterocycles. The molecule has 1 aromatic carbocycles. The van der Waals surface area contributed by atoms with E-state index in [1.165, 1.54) is 23.6 Å². The number of hydrogen-bond acceptors (Lipinski definition) is 3. The lowest BCUT2D eigenvalue weighted by Gasteiger charge is -2.32. The number of carbonyl (C=O) groups is 1. The van der Waals surface area contributed by atoms with Crippen molar-refractivity contribution in [1.29, 1.82) is 0 Å². The van der Waals surface area contributed by atoms with E-state index in [4.69, 9.17) is 23.2 Å². The van der Waals surface area contributed by atoms with Gasteiger partial charge in [-0.2, -0.15) is 0 Å². The summed E-state index contributed by atoms with van der Waals surface area (Å²) in [6.45, 7) is 0.755. The molecule has 3 atom stereocenters. The van der Waals surface area contributed by atoms with E-state index >= 15 is 0 Å². The Bertz CT molecular complexity index is 853. The number of hydrogen-bond donors (Lipinski definition) is 1. The highest BCUT2D eigenvalue weighted by Gasteiger charge is 2.41. The van der Waals surface area contributed by atoms with Crippen molar-refractivity contribution in [3.8, 4) is 0 Å². The van der Waals surface area contributed by atoms with Crippen molar-refractivity contribution in [2.24, 2.45) is 17.8 Å². The Morgan fingerprint density at radius 1 is 1.11 bits per heavy atom. The van der Waals surface area contributed by atoms with Crippen LogP contribution in [-0.2, 0) is 20.6 Å². The van der Waals surface area contributed by atoms with E-state index in [-0.39, 0.29) is 17.6 Å². The number of rotatable bonds is 5. The SMILES string of the molecule is O=C(N[C@H]1C[C@@H]2CC[C@@H]1C2)C1CCN(S(=O)(=O)Cc2ccc(Cl)cc2Cl)CC1. The van der Waals surface area contributed by atoms with Gasteiger partial charge in [0.15, 0.2) is 0 Å². The molecule has 154 valence electrons. The van der Waals surface area contributed by atoms with Gasteiger partial charge in [-0.15, -0.1) is 0 Å². The molecule has 1 heterocycles. The molecule has 3 fully saturated rings. The van der Waals surface area contributed by atoms with Gasteiger partial charge in [-0.1, -0.05) is 35.7 Å². The summed E-state index contributed by atoms with van der Waals surface area (Å²) >= 11 is 12.0. The van der Waals surface area contributed by atoms with Gasteiger partial charge in [0.05, 0.1) is 5.75 Å². The summed E-state index contributed by atoms with van der Waals surface area (Å²) in [5.41, 5.74) is 0.544. The molecule has 2 saturated carbocycles. The summed E-state index contributed by atoms with van der Waals surface area (Å²) in [6, 6.07) is 5.18. The maximum Gasteiger partial charge on any atom is 0.223 e. The van der Waals surface area contributed by atoms with Crippen molar-refractivity contribution in [2.75, 3.05) is 13.1 Å². The third-order valence-corrected chi connectivity index (χ3v) is 9.05. The smallest absolute Gasteiger partial charge is 0.223 e. The quantitative estimate of drug-likeness (QED) is 0.749. The van der Waals surface area contributed by atoms with Gasteiger partial charge in [0, 0.05) is 35.1 Å². The maximum absolute atomic E-state index is 12.8. The van der Waals surface area contributed by atoms with E-state index in [1.807, 2.05) is 0 Å². The van der Waals surface area contributed by atoms with Crippen molar-refractivity contribution < 1.29 is 13.2 Å². The second kappa shape index (κ2) is 8.13. The predicted octanol–water partition coefficient (Wildman–Crippen LogP) is 3.84. The zero-order chi connectivity index (χ0) is 19.9. The van der Waals surface area contributed by atoms with E-state index in [0.717, 1.165) is 12.3 Å². The summed E-state index contributed by atoms with van der Waals surface area (Å²) in [5, 5.41) is 4.09. The van der Waals surface area contributed by atoms with E-state index in [9.17, 15) is 13.2 Å². The summed E-state index contributed by atoms with van der Waals surface area (Å²) in [7, 11) is -3.48. The van der Waals surface area contributed by atoms with Crippen molar-refractivity contribution in [3.63, 3.8) is 0 Å². The number of fused-ring (bicyclic) bond motifs is 2. The van der Waals surface area contributed by atoms with Crippen LogP contribution in [0, 0.1) is 17.8 Å². The molecule has 1 aromatic rings. The zero-order valence-electron chi connectivity index (χ0n) is 15.7.